The molecule has 7 heteroatoms. The molecule has 0 aliphatic heterocycles. The molecule has 2 amide bonds. The third kappa shape index (κ3) is 3.80. The molecule has 0 fully saturated rings. The molecular formula is C17H14F2N2O2S. The Morgan fingerprint density at radius 1 is 1.08 bits per heavy atom. The van der Waals surface area contributed by atoms with Crippen molar-refractivity contribution in [3.8, 4) is 10.6 Å². The summed E-state index contributed by atoms with van der Waals surface area (Å²) < 4.78 is 32.2. The van der Waals surface area contributed by atoms with Gasteiger partial charge in [-0.2, -0.15) is 0 Å². The van der Waals surface area contributed by atoms with Crippen molar-refractivity contribution < 1.29 is 18.0 Å². The number of rotatable bonds is 5. The lowest BCUT2D eigenvalue weighted by atomic mass is 10.3. The Morgan fingerprint density at radius 3 is 2.58 bits per heavy atom. The number of carbonyl (C=O) groups excluding carboxylic acids is 1. The second-order valence-electron chi connectivity index (χ2n) is 4.97. The topological polar surface area (TPSA) is 54.3 Å². The van der Waals surface area contributed by atoms with E-state index in [9.17, 15) is 13.6 Å². The van der Waals surface area contributed by atoms with E-state index in [1.165, 1.54) is 6.07 Å². The summed E-state index contributed by atoms with van der Waals surface area (Å²) in [5, 5.41) is 4.76. The average Bonchev–Trinajstić information content (AvgIpc) is 3.22. The number of amides is 2. The number of urea groups is 1. The summed E-state index contributed by atoms with van der Waals surface area (Å²) >= 11 is 1.57. The normalized spacial score (nSPS) is 10.6. The van der Waals surface area contributed by atoms with Gasteiger partial charge in [-0.15, -0.1) is 11.3 Å². The molecular weight excluding hydrogens is 334 g/mol. The SMILES string of the molecule is O=C(NCCc1ccc(-c2ccco2)s1)Nc1c(F)cccc1F. The quantitative estimate of drug-likeness (QED) is 0.705. The molecule has 4 nitrogen and oxygen atoms in total. The van der Waals surface area contributed by atoms with Crippen LogP contribution in [0.25, 0.3) is 10.6 Å². The number of furan rings is 1. The summed E-state index contributed by atoms with van der Waals surface area (Å²) in [7, 11) is 0. The molecule has 3 rings (SSSR count). The van der Waals surface area contributed by atoms with Crippen LogP contribution < -0.4 is 10.6 Å². The van der Waals surface area contributed by atoms with Crippen LogP contribution in [0.1, 0.15) is 4.88 Å². The molecule has 1 aromatic carbocycles. The summed E-state index contributed by atoms with van der Waals surface area (Å²) in [5.41, 5.74) is -0.453. The minimum atomic E-state index is -0.813. The van der Waals surface area contributed by atoms with E-state index in [2.05, 4.69) is 10.6 Å². The number of para-hydroxylation sites is 1. The molecule has 2 aromatic heterocycles. The van der Waals surface area contributed by atoms with Gasteiger partial charge in [-0.25, -0.2) is 13.6 Å². The highest BCUT2D eigenvalue weighted by Gasteiger charge is 2.11. The fraction of sp³-hybridized carbons (Fsp3) is 0.118. The minimum absolute atomic E-state index is 0.347. The van der Waals surface area contributed by atoms with Gasteiger partial charge in [0, 0.05) is 11.4 Å². The van der Waals surface area contributed by atoms with Crippen molar-refractivity contribution in [2.24, 2.45) is 0 Å². The number of hydrogen-bond donors (Lipinski definition) is 2. The number of carbonyl (C=O) groups is 1. The van der Waals surface area contributed by atoms with Crippen LogP contribution >= 0.6 is 11.3 Å². The molecule has 0 saturated heterocycles. The van der Waals surface area contributed by atoms with Crippen molar-refractivity contribution in [3.05, 3.63) is 65.2 Å². The number of thiophene rings is 1. The Labute approximate surface area is 141 Å². The Morgan fingerprint density at radius 2 is 1.88 bits per heavy atom. The van der Waals surface area contributed by atoms with Gasteiger partial charge in [0.15, 0.2) is 0 Å². The molecule has 0 radical (unpaired) electrons. The fourth-order valence-electron chi connectivity index (χ4n) is 2.14. The summed E-state index contributed by atoms with van der Waals surface area (Å²) in [6, 6.07) is 10.4. The van der Waals surface area contributed by atoms with E-state index in [1.807, 2.05) is 24.3 Å². The number of nitrogens with one attached hydrogen (secondary N) is 2. The van der Waals surface area contributed by atoms with Crippen molar-refractivity contribution in [2.45, 2.75) is 6.42 Å². The second kappa shape index (κ2) is 7.27. The van der Waals surface area contributed by atoms with Gasteiger partial charge in [-0.3, -0.25) is 0 Å². The lowest BCUT2D eigenvalue weighted by molar-refractivity contribution is 0.252. The van der Waals surface area contributed by atoms with Crippen LogP contribution in [0.15, 0.2) is 53.1 Å². The van der Waals surface area contributed by atoms with E-state index >= 15 is 0 Å². The van der Waals surface area contributed by atoms with E-state index in [-0.39, 0.29) is 0 Å². The second-order valence-corrected chi connectivity index (χ2v) is 6.14. The lowest BCUT2D eigenvalue weighted by Gasteiger charge is -2.08. The van der Waals surface area contributed by atoms with Gasteiger partial charge in [0.1, 0.15) is 23.1 Å². The Bertz CT molecular complexity index is 811. The molecule has 2 N–H and O–H groups in total. The standard InChI is InChI=1S/C17H14F2N2O2S/c18-12-3-1-4-13(19)16(12)21-17(22)20-9-8-11-6-7-15(24-11)14-5-2-10-23-14/h1-7,10H,8-9H2,(H2,20,21,22). The Kier molecular flexibility index (Phi) is 4.90. The minimum Gasteiger partial charge on any atom is -0.464 e. The average molecular weight is 348 g/mol. The predicted molar refractivity (Wildman–Crippen MR) is 89.1 cm³/mol. The molecule has 2 heterocycles. The van der Waals surface area contributed by atoms with Crippen LogP contribution in [0.3, 0.4) is 0 Å². The largest absolute Gasteiger partial charge is 0.464 e. The maximum absolute atomic E-state index is 13.4. The first-order valence-corrected chi connectivity index (χ1v) is 8.06. The first kappa shape index (κ1) is 16.2. The summed E-state index contributed by atoms with van der Waals surface area (Å²) in [6.45, 7) is 0.347. The summed E-state index contributed by atoms with van der Waals surface area (Å²) in [6.07, 6.45) is 2.22. The van der Waals surface area contributed by atoms with Gasteiger partial charge < -0.3 is 15.1 Å². The highest BCUT2D eigenvalue weighted by Crippen LogP contribution is 2.28. The molecule has 0 atom stereocenters. The fourth-order valence-corrected chi connectivity index (χ4v) is 3.11. The van der Waals surface area contributed by atoms with Gasteiger partial charge in [0.25, 0.3) is 0 Å². The van der Waals surface area contributed by atoms with Crippen LogP contribution in [0.5, 0.6) is 0 Å². The monoisotopic (exact) mass is 348 g/mol. The van der Waals surface area contributed by atoms with Gasteiger partial charge >= 0.3 is 6.03 Å². The van der Waals surface area contributed by atoms with E-state index in [0.717, 1.165) is 27.6 Å². The van der Waals surface area contributed by atoms with Crippen molar-refractivity contribution in [2.75, 3.05) is 11.9 Å². The maximum Gasteiger partial charge on any atom is 0.319 e. The molecule has 0 bridgehead atoms. The zero-order valence-electron chi connectivity index (χ0n) is 12.5. The van der Waals surface area contributed by atoms with E-state index in [1.54, 1.807) is 17.6 Å². The smallest absolute Gasteiger partial charge is 0.319 e. The van der Waals surface area contributed by atoms with Gasteiger partial charge in [0.2, 0.25) is 0 Å². The van der Waals surface area contributed by atoms with E-state index in [0.29, 0.717) is 13.0 Å². The molecule has 0 aliphatic rings. The van der Waals surface area contributed by atoms with Crippen LogP contribution in [-0.2, 0) is 6.42 Å². The molecule has 0 unspecified atom stereocenters. The number of hydrogen-bond acceptors (Lipinski definition) is 3. The first-order chi connectivity index (χ1) is 11.6. The molecule has 0 saturated carbocycles. The zero-order valence-corrected chi connectivity index (χ0v) is 13.3. The summed E-state index contributed by atoms with van der Waals surface area (Å²) in [4.78, 5) is 13.8. The molecule has 24 heavy (non-hydrogen) atoms. The Hall–Kier alpha value is -2.67. The molecule has 0 aliphatic carbocycles. The zero-order chi connectivity index (χ0) is 16.9. The third-order valence-corrected chi connectivity index (χ3v) is 4.44. The molecule has 3 aromatic rings. The first-order valence-electron chi connectivity index (χ1n) is 7.25. The number of benzene rings is 1. The van der Waals surface area contributed by atoms with E-state index in [4.69, 9.17) is 4.42 Å². The van der Waals surface area contributed by atoms with Crippen molar-refractivity contribution in [1.29, 1.82) is 0 Å². The van der Waals surface area contributed by atoms with Crippen molar-refractivity contribution in [3.63, 3.8) is 0 Å². The molecule has 124 valence electrons. The predicted octanol–water partition coefficient (Wildman–Crippen LogP) is 4.65. The number of halogens is 2. The van der Waals surface area contributed by atoms with Crippen LogP contribution in [0.2, 0.25) is 0 Å². The van der Waals surface area contributed by atoms with Crippen molar-refractivity contribution >= 4 is 23.1 Å². The third-order valence-electron chi connectivity index (χ3n) is 3.28. The molecule has 0 spiro atoms. The van der Waals surface area contributed by atoms with Crippen LogP contribution in [0.4, 0.5) is 19.3 Å². The van der Waals surface area contributed by atoms with Crippen LogP contribution in [-0.4, -0.2) is 12.6 Å². The highest BCUT2D eigenvalue weighted by molar-refractivity contribution is 7.15. The van der Waals surface area contributed by atoms with E-state index < -0.39 is 23.4 Å². The lowest BCUT2D eigenvalue weighted by Crippen LogP contribution is -2.31. The van der Waals surface area contributed by atoms with Gasteiger partial charge in [-0.1, -0.05) is 6.07 Å². The maximum atomic E-state index is 13.4. The summed E-state index contributed by atoms with van der Waals surface area (Å²) in [5.74, 6) is -0.829. The van der Waals surface area contributed by atoms with Crippen LogP contribution in [0, 0.1) is 11.6 Å². The Balaban J connectivity index is 1.50. The van der Waals surface area contributed by atoms with Crippen molar-refractivity contribution in [1.82, 2.24) is 5.32 Å². The highest BCUT2D eigenvalue weighted by atomic mass is 32.1. The van der Waals surface area contributed by atoms with Gasteiger partial charge in [0.05, 0.1) is 11.1 Å². The van der Waals surface area contributed by atoms with Gasteiger partial charge in [-0.05, 0) is 42.8 Å². The number of anilines is 1.